The van der Waals surface area contributed by atoms with Crippen molar-refractivity contribution in [3.05, 3.63) is 59.2 Å². The van der Waals surface area contributed by atoms with Gasteiger partial charge in [-0.2, -0.15) is 0 Å². The van der Waals surface area contributed by atoms with Crippen molar-refractivity contribution in [3.63, 3.8) is 0 Å². The molecule has 1 fully saturated rings. The summed E-state index contributed by atoms with van der Waals surface area (Å²) in [5.74, 6) is 1.35. The summed E-state index contributed by atoms with van der Waals surface area (Å²) in [4.78, 5) is 15.1. The first-order chi connectivity index (χ1) is 14.1. The Morgan fingerprint density at radius 3 is 2.62 bits per heavy atom. The van der Waals surface area contributed by atoms with Crippen LogP contribution in [0.15, 0.2) is 42.5 Å². The van der Waals surface area contributed by atoms with Crippen molar-refractivity contribution in [3.8, 4) is 11.5 Å². The van der Waals surface area contributed by atoms with E-state index in [1.807, 2.05) is 18.2 Å². The fourth-order valence-corrected chi connectivity index (χ4v) is 3.69. The number of amides is 1. The van der Waals surface area contributed by atoms with Crippen molar-refractivity contribution in [2.75, 3.05) is 47.1 Å². The largest absolute Gasteiger partial charge is 0.497 e. The Morgan fingerprint density at radius 1 is 1.14 bits per heavy atom. The molecule has 1 aliphatic rings. The molecule has 1 N–H and O–H groups in total. The first kappa shape index (κ1) is 21.1. The number of carbonyl (C=O) groups excluding carboxylic acids is 1. The Bertz CT molecular complexity index is 818. The topological polar surface area (TPSA) is 60.0 Å². The van der Waals surface area contributed by atoms with Gasteiger partial charge < -0.3 is 19.5 Å². The highest BCUT2D eigenvalue weighted by molar-refractivity contribution is 5.79. The smallest absolute Gasteiger partial charge is 0.224 e. The summed E-state index contributed by atoms with van der Waals surface area (Å²) in [7, 11) is 3.22. The predicted octanol–water partition coefficient (Wildman–Crippen LogP) is 2.74. The van der Waals surface area contributed by atoms with Gasteiger partial charge in [0.2, 0.25) is 5.91 Å². The second kappa shape index (κ2) is 10.3. The number of morpholine rings is 1. The third-order valence-electron chi connectivity index (χ3n) is 5.24. The van der Waals surface area contributed by atoms with E-state index in [9.17, 15) is 4.79 Å². The Balaban J connectivity index is 1.69. The molecular weight excluding hydrogens is 368 g/mol. The molecule has 1 unspecified atom stereocenters. The van der Waals surface area contributed by atoms with Gasteiger partial charge in [-0.3, -0.25) is 9.69 Å². The average Bonchev–Trinajstić information content (AvgIpc) is 2.74. The molecule has 0 aliphatic carbocycles. The Morgan fingerprint density at radius 2 is 1.93 bits per heavy atom. The number of rotatable bonds is 8. The zero-order valence-electron chi connectivity index (χ0n) is 17.4. The number of aryl methyl sites for hydroxylation is 1. The first-order valence-electron chi connectivity index (χ1n) is 9.96. The van der Waals surface area contributed by atoms with E-state index in [0.29, 0.717) is 18.0 Å². The van der Waals surface area contributed by atoms with Crippen LogP contribution in [0.5, 0.6) is 11.5 Å². The minimum Gasteiger partial charge on any atom is -0.497 e. The summed E-state index contributed by atoms with van der Waals surface area (Å²) in [5, 5.41) is 3.12. The van der Waals surface area contributed by atoms with Crippen molar-refractivity contribution in [2.45, 2.75) is 19.4 Å². The molecule has 1 heterocycles. The second-order valence-electron chi connectivity index (χ2n) is 7.24. The fourth-order valence-electron chi connectivity index (χ4n) is 3.69. The summed E-state index contributed by atoms with van der Waals surface area (Å²) in [6, 6.07) is 14.1. The van der Waals surface area contributed by atoms with Crippen LogP contribution in [-0.2, 0) is 16.0 Å². The van der Waals surface area contributed by atoms with Gasteiger partial charge in [-0.1, -0.05) is 29.8 Å². The van der Waals surface area contributed by atoms with Crippen LogP contribution in [-0.4, -0.2) is 57.9 Å². The molecule has 0 bridgehead atoms. The third kappa shape index (κ3) is 5.71. The second-order valence-corrected chi connectivity index (χ2v) is 7.24. The van der Waals surface area contributed by atoms with Crippen LogP contribution in [0, 0.1) is 6.92 Å². The maximum atomic E-state index is 12.7. The zero-order valence-corrected chi connectivity index (χ0v) is 17.4. The van der Waals surface area contributed by atoms with E-state index in [4.69, 9.17) is 14.2 Å². The number of carbonyl (C=O) groups is 1. The van der Waals surface area contributed by atoms with Crippen molar-refractivity contribution >= 4 is 5.91 Å². The molecule has 0 saturated carbocycles. The third-order valence-corrected chi connectivity index (χ3v) is 5.24. The van der Waals surface area contributed by atoms with E-state index >= 15 is 0 Å². The number of nitrogens with zero attached hydrogens (tertiary/aromatic N) is 1. The number of methoxy groups -OCH3 is 2. The van der Waals surface area contributed by atoms with Gasteiger partial charge in [0.25, 0.3) is 0 Å². The van der Waals surface area contributed by atoms with Gasteiger partial charge in [0.15, 0.2) is 0 Å². The lowest BCUT2D eigenvalue weighted by Gasteiger charge is -2.35. The molecule has 1 atom stereocenters. The molecule has 29 heavy (non-hydrogen) atoms. The minimum atomic E-state index is -0.0394. The molecule has 0 aromatic heterocycles. The van der Waals surface area contributed by atoms with E-state index in [1.54, 1.807) is 14.2 Å². The molecule has 6 nitrogen and oxygen atoms in total. The number of ether oxygens (including phenoxy) is 3. The van der Waals surface area contributed by atoms with Gasteiger partial charge in [0.1, 0.15) is 11.5 Å². The van der Waals surface area contributed by atoms with Crippen LogP contribution < -0.4 is 14.8 Å². The lowest BCUT2D eigenvalue weighted by Crippen LogP contribution is -2.44. The van der Waals surface area contributed by atoms with Crippen LogP contribution in [0.3, 0.4) is 0 Å². The van der Waals surface area contributed by atoms with Gasteiger partial charge in [-0.05, 0) is 30.7 Å². The maximum Gasteiger partial charge on any atom is 0.224 e. The van der Waals surface area contributed by atoms with Gasteiger partial charge in [-0.15, -0.1) is 0 Å². The highest BCUT2D eigenvalue weighted by atomic mass is 16.5. The molecule has 1 saturated heterocycles. The molecule has 3 rings (SSSR count). The molecular formula is C23H30N2O4. The fraction of sp³-hybridized carbons (Fsp3) is 0.435. The van der Waals surface area contributed by atoms with Crippen molar-refractivity contribution in [2.24, 2.45) is 0 Å². The summed E-state index contributed by atoms with van der Waals surface area (Å²) in [6.45, 7) is 5.80. The molecule has 0 radical (unpaired) electrons. The Kier molecular flexibility index (Phi) is 7.49. The number of benzene rings is 2. The molecule has 1 aliphatic heterocycles. The molecule has 2 aromatic carbocycles. The van der Waals surface area contributed by atoms with E-state index < -0.39 is 0 Å². The number of hydrogen-bond donors (Lipinski definition) is 1. The van der Waals surface area contributed by atoms with E-state index in [2.05, 4.69) is 41.4 Å². The Labute approximate surface area is 172 Å². The van der Waals surface area contributed by atoms with Crippen LogP contribution in [0.2, 0.25) is 0 Å². The zero-order chi connectivity index (χ0) is 20.6. The Hall–Kier alpha value is -2.57. The standard InChI is InChI=1S/C23H30N2O4/c1-17-5-4-6-18(13-17)21(25-9-11-29-12-10-25)16-24-23(26)15-19-14-20(27-2)7-8-22(19)28-3/h4-8,13-14,21H,9-12,15-16H2,1-3H3,(H,24,26). The van der Waals surface area contributed by atoms with Crippen molar-refractivity contribution < 1.29 is 19.0 Å². The normalized spacial score (nSPS) is 15.6. The van der Waals surface area contributed by atoms with Gasteiger partial charge in [0.05, 0.1) is 39.9 Å². The van der Waals surface area contributed by atoms with Crippen LogP contribution in [0.25, 0.3) is 0 Å². The van der Waals surface area contributed by atoms with Crippen LogP contribution in [0.4, 0.5) is 0 Å². The molecule has 0 spiro atoms. The van der Waals surface area contributed by atoms with Crippen LogP contribution >= 0.6 is 0 Å². The summed E-state index contributed by atoms with van der Waals surface area (Å²) < 4.78 is 16.2. The van der Waals surface area contributed by atoms with Crippen molar-refractivity contribution in [1.82, 2.24) is 10.2 Å². The van der Waals surface area contributed by atoms with Gasteiger partial charge in [-0.25, -0.2) is 0 Å². The van der Waals surface area contributed by atoms with E-state index in [1.165, 1.54) is 11.1 Å². The molecule has 156 valence electrons. The lowest BCUT2D eigenvalue weighted by atomic mass is 10.0. The predicted molar refractivity (Wildman–Crippen MR) is 113 cm³/mol. The molecule has 2 aromatic rings. The molecule has 1 amide bonds. The SMILES string of the molecule is COc1ccc(OC)c(CC(=O)NCC(c2cccc(C)c2)N2CCOCC2)c1. The van der Waals surface area contributed by atoms with Gasteiger partial charge >= 0.3 is 0 Å². The van der Waals surface area contributed by atoms with E-state index in [-0.39, 0.29) is 18.4 Å². The monoisotopic (exact) mass is 398 g/mol. The number of nitrogens with one attached hydrogen (secondary N) is 1. The summed E-state index contributed by atoms with van der Waals surface area (Å²) in [6.07, 6.45) is 0.240. The quantitative estimate of drug-likeness (QED) is 0.741. The van der Waals surface area contributed by atoms with Gasteiger partial charge in [0, 0.05) is 25.2 Å². The lowest BCUT2D eigenvalue weighted by molar-refractivity contribution is -0.120. The maximum absolute atomic E-state index is 12.7. The average molecular weight is 399 g/mol. The van der Waals surface area contributed by atoms with E-state index in [0.717, 1.165) is 31.9 Å². The highest BCUT2D eigenvalue weighted by Crippen LogP contribution is 2.25. The molecule has 6 heteroatoms. The summed E-state index contributed by atoms with van der Waals surface area (Å²) >= 11 is 0. The highest BCUT2D eigenvalue weighted by Gasteiger charge is 2.23. The minimum absolute atomic E-state index is 0.0394. The number of hydrogen-bond acceptors (Lipinski definition) is 5. The van der Waals surface area contributed by atoms with Crippen LogP contribution in [0.1, 0.15) is 22.7 Å². The first-order valence-corrected chi connectivity index (χ1v) is 9.96. The summed E-state index contributed by atoms with van der Waals surface area (Å²) in [5.41, 5.74) is 3.24. The van der Waals surface area contributed by atoms with Crippen molar-refractivity contribution in [1.29, 1.82) is 0 Å².